The minimum atomic E-state index is 0.0279. The number of rotatable bonds is 9. The molecule has 0 bridgehead atoms. The fourth-order valence-corrected chi connectivity index (χ4v) is 2.88. The second kappa shape index (κ2) is 9.80. The van der Waals surface area contributed by atoms with Gasteiger partial charge in [0.1, 0.15) is 0 Å². The fourth-order valence-electron chi connectivity index (χ4n) is 2.88. The van der Waals surface area contributed by atoms with Crippen LogP contribution in [0.25, 0.3) is 11.4 Å². The van der Waals surface area contributed by atoms with Crippen LogP contribution < -0.4 is 5.32 Å². The number of hydrogen-bond donors (Lipinski definition) is 1. The molecule has 3 aromatic rings. The van der Waals surface area contributed by atoms with Crippen molar-refractivity contribution in [2.45, 2.75) is 32.4 Å². The normalized spacial score (nSPS) is 11.0. The quantitative estimate of drug-likeness (QED) is 0.618. The number of hydrogen-bond acceptors (Lipinski definition) is 5. The highest BCUT2D eigenvalue weighted by molar-refractivity contribution is 5.75. The van der Waals surface area contributed by atoms with Crippen molar-refractivity contribution >= 4 is 5.91 Å². The van der Waals surface area contributed by atoms with E-state index in [0.717, 1.165) is 17.7 Å². The van der Waals surface area contributed by atoms with Crippen LogP contribution in [0.1, 0.15) is 29.9 Å². The second-order valence-corrected chi connectivity index (χ2v) is 7.06. The van der Waals surface area contributed by atoms with Crippen molar-refractivity contribution in [2.75, 3.05) is 14.1 Å². The molecule has 0 radical (unpaired) electrons. The lowest BCUT2D eigenvalue weighted by atomic mass is 10.1. The first-order valence-corrected chi connectivity index (χ1v) is 9.47. The third kappa shape index (κ3) is 6.03. The molecule has 1 aromatic heterocycles. The molecule has 0 saturated heterocycles. The van der Waals surface area contributed by atoms with Crippen LogP contribution >= 0.6 is 0 Å². The lowest BCUT2D eigenvalue weighted by molar-refractivity contribution is -0.121. The highest BCUT2D eigenvalue weighted by Crippen LogP contribution is 2.15. The van der Waals surface area contributed by atoms with E-state index < -0.39 is 0 Å². The highest BCUT2D eigenvalue weighted by Gasteiger charge is 2.09. The van der Waals surface area contributed by atoms with E-state index in [-0.39, 0.29) is 5.91 Å². The van der Waals surface area contributed by atoms with E-state index in [9.17, 15) is 4.79 Å². The summed E-state index contributed by atoms with van der Waals surface area (Å²) in [6.07, 6.45) is 1.69. The first kappa shape index (κ1) is 19.8. The average Bonchev–Trinajstić information content (AvgIpc) is 3.17. The summed E-state index contributed by atoms with van der Waals surface area (Å²) in [6.45, 7) is 1.45. The molecule has 2 aromatic carbocycles. The van der Waals surface area contributed by atoms with Crippen LogP contribution in [-0.2, 0) is 24.3 Å². The molecule has 6 heteroatoms. The van der Waals surface area contributed by atoms with Gasteiger partial charge in [-0.3, -0.25) is 4.79 Å². The van der Waals surface area contributed by atoms with Gasteiger partial charge in [-0.1, -0.05) is 59.8 Å². The number of carbonyl (C=O) groups is 1. The van der Waals surface area contributed by atoms with Gasteiger partial charge in [-0.05, 0) is 31.6 Å². The minimum absolute atomic E-state index is 0.0279. The number of benzene rings is 2. The van der Waals surface area contributed by atoms with Crippen LogP contribution in [0.5, 0.6) is 0 Å². The van der Waals surface area contributed by atoms with Gasteiger partial charge in [0, 0.05) is 31.5 Å². The Hall–Kier alpha value is -2.99. The van der Waals surface area contributed by atoms with Crippen molar-refractivity contribution in [1.82, 2.24) is 20.4 Å². The number of aryl methyl sites for hydroxylation is 1. The SMILES string of the molecule is CN(C)Cc1ccc(CNC(=O)CCCc2nc(-c3ccccc3)no2)cc1. The van der Waals surface area contributed by atoms with E-state index in [4.69, 9.17) is 4.52 Å². The molecule has 146 valence electrons. The van der Waals surface area contributed by atoms with Gasteiger partial charge >= 0.3 is 0 Å². The monoisotopic (exact) mass is 378 g/mol. The molecule has 3 rings (SSSR count). The molecule has 0 aliphatic rings. The van der Waals surface area contributed by atoms with Crippen molar-refractivity contribution in [1.29, 1.82) is 0 Å². The van der Waals surface area contributed by atoms with Gasteiger partial charge in [-0.25, -0.2) is 0 Å². The Morgan fingerprint density at radius 2 is 1.75 bits per heavy atom. The van der Waals surface area contributed by atoms with Gasteiger partial charge in [0.05, 0.1) is 0 Å². The van der Waals surface area contributed by atoms with Crippen LogP contribution in [0.4, 0.5) is 0 Å². The van der Waals surface area contributed by atoms with Gasteiger partial charge < -0.3 is 14.7 Å². The maximum atomic E-state index is 12.1. The van der Waals surface area contributed by atoms with Gasteiger partial charge in [-0.2, -0.15) is 4.98 Å². The summed E-state index contributed by atoms with van der Waals surface area (Å²) in [4.78, 5) is 18.6. The second-order valence-electron chi connectivity index (χ2n) is 7.06. The number of nitrogens with one attached hydrogen (secondary N) is 1. The first-order valence-electron chi connectivity index (χ1n) is 9.47. The van der Waals surface area contributed by atoms with Crippen molar-refractivity contribution in [3.8, 4) is 11.4 Å². The third-order valence-electron chi connectivity index (χ3n) is 4.31. The standard InChI is InChI=1S/C22H26N4O2/c1-26(2)16-18-13-11-17(12-14-18)15-23-20(27)9-6-10-21-24-22(25-28-21)19-7-4-3-5-8-19/h3-5,7-8,11-14H,6,9-10,15-16H2,1-2H3,(H,23,27). The fraction of sp³-hybridized carbons (Fsp3) is 0.318. The van der Waals surface area contributed by atoms with Crippen LogP contribution in [0.3, 0.4) is 0 Å². The molecule has 0 fully saturated rings. The third-order valence-corrected chi connectivity index (χ3v) is 4.31. The maximum absolute atomic E-state index is 12.1. The van der Waals surface area contributed by atoms with E-state index in [1.807, 2.05) is 44.4 Å². The van der Waals surface area contributed by atoms with Crippen LogP contribution in [0, 0.1) is 0 Å². The summed E-state index contributed by atoms with van der Waals surface area (Å²) < 4.78 is 5.27. The predicted molar refractivity (Wildman–Crippen MR) is 108 cm³/mol. The zero-order valence-electron chi connectivity index (χ0n) is 16.4. The van der Waals surface area contributed by atoms with E-state index in [0.29, 0.717) is 37.5 Å². The van der Waals surface area contributed by atoms with Crippen molar-refractivity contribution in [3.05, 3.63) is 71.6 Å². The van der Waals surface area contributed by atoms with Crippen LogP contribution in [0.2, 0.25) is 0 Å². The Morgan fingerprint density at radius 3 is 2.46 bits per heavy atom. The van der Waals surface area contributed by atoms with Crippen molar-refractivity contribution in [3.63, 3.8) is 0 Å². The number of carbonyl (C=O) groups excluding carboxylic acids is 1. The molecule has 0 unspecified atom stereocenters. The molecule has 0 aliphatic heterocycles. The molecule has 28 heavy (non-hydrogen) atoms. The molecule has 0 saturated carbocycles. The lowest BCUT2D eigenvalue weighted by Crippen LogP contribution is -2.22. The van der Waals surface area contributed by atoms with E-state index in [2.05, 4.69) is 44.6 Å². The van der Waals surface area contributed by atoms with Gasteiger partial charge in [0.25, 0.3) is 0 Å². The topological polar surface area (TPSA) is 71.3 Å². The summed E-state index contributed by atoms with van der Waals surface area (Å²) in [5, 5.41) is 6.96. The summed E-state index contributed by atoms with van der Waals surface area (Å²) >= 11 is 0. The van der Waals surface area contributed by atoms with Gasteiger partial charge in [-0.15, -0.1) is 0 Å². The first-order chi connectivity index (χ1) is 13.6. The van der Waals surface area contributed by atoms with E-state index in [1.165, 1.54) is 5.56 Å². The van der Waals surface area contributed by atoms with E-state index >= 15 is 0 Å². The molecule has 0 atom stereocenters. The zero-order valence-corrected chi connectivity index (χ0v) is 16.4. The number of nitrogens with zero attached hydrogens (tertiary/aromatic N) is 3. The number of aromatic nitrogens is 2. The lowest BCUT2D eigenvalue weighted by Gasteiger charge is -2.10. The summed E-state index contributed by atoms with van der Waals surface area (Å²) in [6, 6.07) is 18.0. The Labute approximate surface area is 165 Å². The molecule has 1 heterocycles. The van der Waals surface area contributed by atoms with Crippen LogP contribution in [-0.4, -0.2) is 35.0 Å². The Kier molecular flexibility index (Phi) is 6.92. The van der Waals surface area contributed by atoms with E-state index in [1.54, 1.807) is 0 Å². The van der Waals surface area contributed by atoms with Gasteiger partial charge in [0.15, 0.2) is 0 Å². The Balaban J connectivity index is 1.38. The molecule has 6 nitrogen and oxygen atoms in total. The van der Waals surface area contributed by atoms with Gasteiger partial charge in [0.2, 0.25) is 17.6 Å². The van der Waals surface area contributed by atoms with Crippen LogP contribution in [0.15, 0.2) is 59.1 Å². The maximum Gasteiger partial charge on any atom is 0.226 e. The molecule has 0 aliphatic carbocycles. The largest absolute Gasteiger partial charge is 0.352 e. The highest BCUT2D eigenvalue weighted by atomic mass is 16.5. The molecular weight excluding hydrogens is 352 g/mol. The smallest absolute Gasteiger partial charge is 0.226 e. The molecule has 1 N–H and O–H groups in total. The van der Waals surface area contributed by atoms with Crippen molar-refractivity contribution < 1.29 is 9.32 Å². The Morgan fingerprint density at radius 1 is 1.04 bits per heavy atom. The average molecular weight is 378 g/mol. The number of amides is 1. The molecule has 0 spiro atoms. The summed E-state index contributed by atoms with van der Waals surface area (Å²) in [5.41, 5.74) is 3.28. The summed E-state index contributed by atoms with van der Waals surface area (Å²) in [7, 11) is 4.09. The predicted octanol–water partition coefficient (Wildman–Crippen LogP) is 3.44. The summed E-state index contributed by atoms with van der Waals surface area (Å²) in [5.74, 6) is 1.17. The van der Waals surface area contributed by atoms with Crippen molar-refractivity contribution in [2.24, 2.45) is 0 Å². The molecular formula is C22H26N4O2. The Bertz CT molecular complexity index is 873. The molecule has 1 amide bonds. The zero-order chi connectivity index (χ0) is 19.8. The minimum Gasteiger partial charge on any atom is -0.352 e.